The van der Waals surface area contributed by atoms with E-state index in [2.05, 4.69) is 15.0 Å². The minimum atomic E-state index is 0.0561. The van der Waals surface area contributed by atoms with Crippen molar-refractivity contribution in [2.45, 2.75) is 39.7 Å². The molecule has 0 N–H and O–H groups in total. The van der Waals surface area contributed by atoms with Gasteiger partial charge in [0.05, 0.1) is 5.69 Å². The molecule has 0 radical (unpaired) electrons. The molecular formula is C20H23N5O2S. The van der Waals surface area contributed by atoms with Crippen molar-refractivity contribution in [2.24, 2.45) is 0 Å². The first-order chi connectivity index (χ1) is 13.5. The summed E-state index contributed by atoms with van der Waals surface area (Å²) in [5.74, 6) is 1.38. The van der Waals surface area contributed by atoms with Crippen LogP contribution in [-0.4, -0.2) is 49.5 Å². The van der Waals surface area contributed by atoms with Gasteiger partial charge in [0.2, 0.25) is 5.88 Å². The molecule has 146 valence electrons. The fourth-order valence-corrected chi connectivity index (χ4v) is 4.39. The van der Waals surface area contributed by atoms with Gasteiger partial charge in [-0.15, -0.1) is 0 Å². The third-order valence-electron chi connectivity index (χ3n) is 4.76. The highest BCUT2D eigenvalue weighted by Gasteiger charge is 2.27. The molecule has 28 heavy (non-hydrogen) atoms. The van der Waals surface area contributed by atoms with E-state index in [0.717, 1.165) is 29.4 Å². The number of carbonyl (C=O) groups is 1. The van der Waals surface area contributed by atoms with Crippen LogP contribution in [0.4, 0.5) is 0 Å². The second-order valence-electron chi connectivity index (χ2n) is 7.01. The first kappa shape index (κ1) is 18.6. The van der Waals surface area contributed by atoms with Crippen LogP contribution in [0.15, 0.2) is 30.6 Å². The summed E-state index contributed by atoms with van der Waals surface area (Å²) in [5.41, 5.74) is 1.68. The Labute approximate surface area is 168 Å². The smallest absolute Gasteiger partial charge is 0.265 e. The number of piperidine rings is 1. The molecule has 0 saturated carbocycles. The van der Waals surface area contributed by atoms with Gasteiger partial charge in [-0.05, 0) is 32.9 Å². The van der Waals surface area contributed by atoms with Crippen molar-refractivity contribution >= 4 is 17.2 Å². The molecule has 8 heteroatoms. The number of hydrogen-bond acceptors (Lipinski definition) is 6. The largest absolute Gasteiger partial charge is 0.474 e. The Morgan fingerprint density at radius 3 is 2.50 bits per heavy atom. The van der Waals surface area contributed by atoms with Crippen LogP contribution in [0.25, 0.3) is 5.13 Å². The van der Waals surface area contributed by atoms with Crippen molar-refractivity contribution in [2.75, 3.05) is 13.1 Å². The van der Waals surface area contributed by atoms with Crippen molar-refractivity contribution in [3.8, 4) is 11.0 Å². The Balaban J connectivity index is 1.39. The number of thiazole rings is 1. The van der Waals surface area contributed by atoms with Crippen LogP contribution >= 0.6 is 11.3 Å². The molecule has 0 aromatic carbocycles. The molecule has 3 aromatic heterocycles. The van der Waals surface area contributed by atoms with Crippen LogP contribution in [0.2, 0.25) is 0 Å². The number of amides is 1. The lowest BCUT2D eigenvalue weighted by atomic mass is 10.1. The number of hydrogen-bond donors (Lipinski definition) is 0. The van der Waals surface area contributed by atoms with Crippen LogP contribution < -0.4 is 4.74 Å². The fourth-order valence-electron chi connectivity index (χ4n) is 3.39. The molecule has 1 aliphatic heterocycles. The molecule has 1 saturated heterocycles. The minimum Gasteiger partial charge on any atom is -0.474 e. The van der Waals surface area contributed by atoms with E-state index >= 15 is 0 Å². The topological polar surface area (TPSA) is 73.1 Å². The maximum Gasteiger partial charge on any atom is 0.265 e. The molecule has 1 fully saturated rings. The van der Waals surface area contributed by atoms with Crippen molar-refractivity contribution < 1.29 is 9.53 Å². The molecule has 0 bridgehead atoms. The molecule has 3 aromatic rings. The zero-order chi connectivity index (χ0) is 19.7. The Hall–Kier alpha value is -2.74. The normalized spacial score (nSPS) is 15.0. The number of ether oxygens (including phenoxy) is 1. The summed E-state index contributed by atoms with van der Waals surface area (Å²) in [7, 11) is 0. The number of aromatic nitrogens is 4. The van der Waals surface area contributed by atoms with Gasteiger partial charge in [-0.3, -0.25) is 4.79 Å². The quantitative estimate of drug-likeness (QED) is 0.675. The predicted molar refractivity (Wildman–Crippen MR) is 107 cm³/mol. The van der Waals surface area contributed by atoms with Crippen LogP contribution in [-0.2, 0) is 0 Å². The Morgan fingerprint density at radius 2 is 1.82 bits per heavy atom. The van der Waals surface area contributed by atoms with E-state index in [-0.39, 0.29) is 12.0 Å². The standard InChI is InChI=1S/C20H23N5O2S/c1-13-12-17(23-15(3)21-13)27-16-6-10-24(11-7-16)19(26)18-14(2)22-20(28-18)25-8-4-5-9-25/h4-5,8-9,12,16H,6-7,10-11H2,1-3H3. The highest BCUT2D eigenvalue weighted by atomic mass is 32.1. The molecule has 0 unspecified atom stereocenters. The second kappa shape index (κ2) is 7.71. The van der Waals surface area contributed by atoms with Gasteiger partial charge in [-0.25, -0.2) is 9.97 Å². The molecule has 0 spiro atoms. The van der Waals surface area contributed by atoms with Gasteiger partial charge in [0, 0.05) is 50.1 Å². The van der Waals surface area contributed by atoms with Crippen LogP contribution in [0.5, 0.6) is 5.88 Å². The molecule has 0 atom stereocenters. The van der Waals surface area contributed by atoms with Crippen molar-refractivity contribution in [3.63, 3.8) is 0 Å². The van der Waals surface area contributed by atoms with E-state index in [1.807, 2.05) is 60.8 Å². The molecule has 0 aliphatic carbocycles. The van der Waals surface area contributed by atoms with Crippen molar-refractivity contribution in [3.05, 3.63) is 52.7 Å². The molecule has 1 aliphatic rings. The summed E-state index contributed by atoms with van der Waals surface area (Å²) in [6.45, 7) is 7.03. The van der Waals surface area contributed by atoms with Gasteiger partial charge in [0.25, 0.3) is 5.91 Å². The van der Waals surface area contributed by atoms with Gasteiger partial charge in [-0.1, -0.05) is 11.3 Å². The first-order valence-electron chi connectivity index (χ1n) is 9.38. The third-order valence-corrected chi connectivity index (χ3v) is 5.92. The summed E-state index contributed by atoms with van der Waals surface area (Å²) >= 11 is 1.44. The van der Waals surface area contributed by atoms with Crippen LogP contribution in [0.3, 0.4) is 0 Å². The number of carbonyl (C=O) groups excluding carboxylic acids is 1. The van der Waals surface area contributed by atoms with E-state index in [1.165, 1.54) is 11.3 Å². The Bertz CT molecular complexity index is 954. The SMILES string of the molecule is Cc1cc(OC2CCN(C(=O)c3sc(-n4cccc4)nc3C)CC2)nc(C)n1. The van der Waals surface area contributed by atoms with Crippen molar-refractivity contribution in [1.82, 2.24) is 24.4 Å². The van der Waals surface area contributed by atoms with Gasteiger partial charge >= 0.3 is 0 Å². The number of nitrogens with zero attached hydrogens (tertiary/aromatic N) is 5. The highest BCUT2D eigenvalue weighted by molar-refractivity contribution is 7.16. The Kier molecular flexibility index (Phi) is 5.13. The maximum absolute atomic E-state index is 13.0. The zero-order valence-electron chi connectivity index (χ0n) is 16.3. The van der Waals surface area contributed by atoms with Gasteiger partial charge in [0.1, 0.15) is 16.8 Å². The summed E-state index contributed by atoms with van der Waals surface area (Å²) in [6.07, 6.45) is 5.51. The highest BCUT2D eigenvalue weighted by Crippen LogP contribution is 2.25. The summed E-state index contributed by atoms with van der Waals surface area (Å²) in [5, 5.41) is 0.818. The second-order valence-corrected chi connectivity index (χ2v) is 7.98. The fraction of sp³-hybridized carbons (Fsp3) is 0.400. The maximum atomic E-state index is 13.0. The summed E-state index contributed by atoms with van der Waals surface area (Å²) in [6, 6.07) is 5.75. The van der Waals surface area contributed by atoms with Gasteiger partial charge in [-0.2, -0.15) is 4.98 Å². The summed E-state index contributed by atoms with van der Waals surface area (Å²) < 4.78 is 7.96. The number of rotatable bonds is 4. The van der Waals surface area contributed by atoms with E-state index in [1.54, 1.807) is 0 Å². The van der Waals surface area contributed by atoms with E-state index < -0.39 is 0 Å². The lowest BCUT2D eigenvalue weighted by Gasteiger charge is -2.31. The van der Waals surface area contributed by atoms with E-state index in [0.29, 0.717) is 29.7 Å². The average molecular weight is 398 g/mol. The molecule has 4 heterocycles. The first-order valence-corrected chi connectivity index (χ1v) is 10.2. The van der Waals surface area contributed by atoms with E-state index in [4.69, 9.17) is 4.74 Å². The predicted octanol–water partition coefficient (Wildman–Crippen LogP) is 3.33. The summed E-state index contributed by atoms with van der Waals surface area (Å²) in [4.78, 5) is 28.8. The zero-order valence-corrected chi connectivity index (χ0v) is 17.1. The van der Waals surface area contributed by atoms with Gasteiger partial charge < -0.3 is 14.2 Å². The monoisotopic (exact) mass is 397 g/mol. The minimum absolute atomic E-state index is 0.0561. The van der Waals surface area contributed by atoms with Gasteiger partial charge in [0.15, 0.2) is 5.13 Å². The number of likely N-dealkylation sites (tertiary alicyclic amines) is 1. The Morgan fingerprint density at radius 1 is 1.11 bits per heavy atom. The lowest BCUT2D eigenvalue weighted by Crippen LogP contribution is -2.41. The van der Waals surface area contributed by atoms with Crippen LogP contribution in [0.1, 0.15) is 39.7 Å². The molecule has 1 amide bonds. The molecular weight excluding hydrogens is 374 g/mol. The number of aryl methyl sites for hydroxylation is 3. The average Bonchev–Trinajstić information content (AvgIpc) is 3.30. The van der Waals surface area contributed by atoms with Crippen LogP contribution in [0, 0.1) is 20.8 Å². The molecule has 4 rings (SSSR count). The molecule has 7 nitrogen and oxygen atoms in total. The lowest BCUT2D eigenvalue weighted by molar-refractivity contribution is 0.0591. The third kappa shape index (κ3) is 3.91. The van der Waals surface area contributed by atoms with E-state index in [9.17, 15) is 4.79 Å². The van der Waals surface area contributed by atoms with Crippen molar-refractivity contribution in [1.29, 1.82) is 0 Å².